The van der Waals surface area contributed by atoms with E-state index in [1.54, 1.807) is 35.0 Å². The standard InChI is InChI=1S/C20H19N3O4.Sn/c24-12-5-1-4-11-23-20(27)15-8-6-7-14(19(15)22-23)17(13-25)21-16-9-2-3-10-18(16)26;/h2-3,6-8,10,22,24,26H,1,4-5,11-12H2;. The number of benzene rings is 2. The van der Waals surface area contributed by atoms with Crippen molar-refractivity contribution in [2.75, 3.05) is 6.61 Å². The monoisotopic (exact) mass is 485 g/mol. The Hall–Kier alpha value is -2.39. The van der Waals surface area contributed by atoms with Crippen LogP contribution in [0.3, 0.4) is 0 Å². The number of aliphatic hydroxyl groups excluding tert-OH is 1. The molecule has 2 aromatic carbocycles. The fourth-order valence-corrected chi connectivity index (χ4v) is 6.33. The Morgan fingerprint density at radius 1 is 1.07 bits per heavy atom. The van der Waals surface area contributed by atoms with E-state index in [-0.39, 0.29) is 21.7 Å². The fraction of sp³-hybridized carbons (Fsp3) is 0.250. The molecule has 2 heterocycles. The van der Waals surface area contributed by atoms with Crippen molar-refractivity contribution in [3.63, 3.8) is 0 Å². The molecular weight excluding hydrogens is 465 g/mol. The van der Waals surface area contributed by atoms with Gasteiger partial charge >= 0.3 is 171 Å². The molecule has 0 spiro atoms. The average molecular weight is 484 g/mol. The van der Waals surface area contributed by atoms with E-state index < -0.39 is 21.1 Å². The first kappa shape index (κ1) is 18.9. The van der Waals surface area contributed by atoms with E-state index in [4.69, 9.17) is 5.11 Å². The van der Waals surface area contributed by atoms with Gasteiger partial charge in [0.05, 0.1) is 0 Å². The van der Waals surface area contributed by atoms with Gasteiger partial charge in [-0.2, -0.15) is 0 Å². The van der Waals surface area contributed by atoms with Crippen molar-refractivity contribution in [2.24, 2.45) is 4.99 Å². The summed E-state index contributed by atoms with van der Waals surface area (Å²) in [6.07, 6.45) is 2.32. The van der Waals surface area contributed by atoms with E-state index >= 15 is 0 Å². The van der Waals surface area contributed by atoms with Crippen LogP contribution in [0.15, 0.2) is 46.2 Å². The number of nitrogens with zero attached hydrogens (tertiary/aromatic N) is 2. The summed E-state index contributed by atoms with van der Waals surface area (Å²) in [5.41, 5.74) is 1.86. The van der Waals surface area contributed by atoms with Crippen LogP contribution >= 0.6 is 0 Å². The third kappa shape index (κ3) is 3.40. The predicted octanol–water partition coefficient (Wildman–Crippen LogP) is 1.19. The SMILES string of the molecule is O=[C]1[Sn][c]2cccc(O)c2N=C1c1cccc2c(=O)n(CCCCCO)[nH]c12. The summed E-state index contributed by atoms with van der Waals surface area (Å²) in [5.74, 6) is 0.0746. The van der Waals surface area contributed by atoms with Crippen LogP contribution in [0.2, 0.25) is 0 Å². The van der Waals surface area contributed by atoms with Crippen LogP contribution in [0.5, 0.6) is 5.75 Å². The number of aromatic amines is 1. The quantitative estimate of drug-likeness (QED) is 0.361. The van der Waals surface area contributed by atoms with Crippen LogP contribution in [0, 0.1) is 0 Å². The molecule has 28 heavy (non-hydrogen) atoms. The van der Waals surface area contributed by atoms with Gasteiger partial charge in [0, 0.05) is 0 Å². The molecule has 7 nitrogen and oxygen atoms in total. The van der Waals surface area contributed by atoms with E-state index in [9.17, 15) is 14.7 Å². The van der Waals surface area contributed by atoms with Gasteiger partial charge in [-0.25, -0.2) is 0 Å². The number of phenolic OH excluding ortho intramolecular Hbond substituents is 1. The summed E-state index contributed by atoms with van der Waals surface area (Å²) in [5, 5.41) is 22.7. The van der Waals surface area contributed by atoms with Crippen LogP contribution < -0.4 is 9.14 Å². The number of aliphatic imine (C=N–C) groups is 1. The van der Waals surface area contributed by atoms with Crippen molar-refractivity contribution >= 4 is 50.8 Å². The summed E-state index contributed by atoms with van der Waals surface area (Å²) in [6.45, 7) is 0.667. The summed E-state index contributed by atoms with van der Waals surface area (Å²) in [6, 6.07) is 10.4. The first-order valence-corrected chi connectivity index (χ1v) is 12.0. The first-order valence-electron chi connectivity index (χ1n) is 9.15. The Bertz CT molecular complexity index is 1150. The van der Waals surface area contributed by atoms with Crippen molar-refractivity contribution in [3.8, 4) is 5.75 Å². The number of unbranched alkanes of at least 4 members (excludes halogenated alkanes) is 2. The molecule has 0 aliphatic carbocycles. The van der Waals surface area contributed by atoms with Crippen molar-refractivity contribution in [1.82, 2.24) is 9.78 Å². The Labute approximate surface area is 170 Å². The number of hydrogen-bond donors (Lipinski definition) is 3. The maximum atomic E-state index is 12.8. The molecule has 0 amide bonds. The number of para-hydroxylation sites is 2. The molecule has 1 aromatic heterocycles. The first-order chi connectivity index (χ1) is 13.6. The molecule has 2 radical (unpaired) electrons. The summed E-state index contributed by atoms with van der Waals surface area (Å²) in [4.78, 5) is 30.0. The zero-order chi connectivity index (χ0) is 19.7. The second-order valence-corrected chi connectivity index (χ2v) is 10.2. The molecular formula is C20H19N3O4Sn. The second kappa shape index (κ2) is 7.92. The van der Waals surface area contributed by atoms with Crippen molar-refractivity contribution in [3.05, 3.63) is 52.3 Å². The average Bonchev–Trinajstić information content (AvgIpc) is 3.01. The Morgan fingerprint density at radius 2 is 1.89 bits per heavy atom. The molecule has 3 N–H and O–H groups in total. The number of hydrogen-bond acceptors (Lipinski definition) is 5. The third-order valence-electron chi connectivity index (χ3n) is 4.78. The van der Waals surface area contributed by atoms with Gasteiger partial charge in [0.2, 0.25) is 0 Å². The number of rotatable bonds is 6. The van der Waals surface area contributed by atoms with Gasteiger partial charge in [0.25, 0.3) is 0 Å². The fourth-order valence-electron chi connectivity index (χ4n) is 3.37. The van der Waals surface area contributed by atoms with Crippen LogP contribution in [0.25, 0.3) is 10.9 Å². The van der Waals surface area contributed by atoms with Crippen molar-refractivity contribution < 1.29 is 15.0 Å². The van der Waals surface area contributed by atoms with E-state index in [0.29, 0.717) is 40.8 Å². The molecule has 0 bridgehead atoms. The maximum absolute atomic E-state index is 12.8. The van der Waals surface area contributed by atoms with Crippen LogP contribution in [-0.2, 0) is 11.3 Å². The van der Waals surface area contributed by atoms with Gasteiger partial charge < -0.3 is 0 Å². The molecule has 1 aliphatic heterocycles. The third-order valence-corrected chi connectivity index (χ3v) is 8.03. The zero-order valence-corrected chi connectivity index (χ0v) is 18.0. The van der Waals surface area contributed by atoms with Gasteiger partial charge in [-0.15, -0.1) is 0 Å². The number of carbonyl (C=O) groups is 1. The van der Waals surface area contributed by atoms with Gasteiger partial charge in [-0.05, 0) is 0 Å². The van der Waals surface area contributed by atoms with E-state index in [2.05, 4.69) is 10.1 Å². The number of H-pyrrole nitrogens is 1. The molecule has 8 heteroatoms. The van der Waals surface area contributed by atoms with E-state index in [1.165, 1.54) is 0 Å². The van der Waals surface area contributed by atoms with Gasteiger partial charge in [0.15, 0.2) is 0 Å². The number of fused-ring (bicyclic) bond motifs is 2. The second-order valence-electron chi connectivity index (χ2n) is 6.67. The number of carbonyl (C=O) groups excluding carboxylic acids is 1. The molecule has 142 valence electrons. The molecule has 3 aromatic rings. The Kier molecular flexibility index (Phi) is 5.36. The van der Waals surface area contributed by atoms with Crippen LogP contribution in [-0.4, -0.2) is 57.3 Å². The molecule has 0 unspecified atom stereocenters. The normalized spacial score (nSPS) is 13.6. The van der Waals surface area contributed by atoms with E-state index in [0.717, 1.165) is 16.4 Å². The number of aliphatic hydroxyl groups is 1. The van der Waals surface area contributed by atoms with Crippen LogP contribution in [0.4, 0.5) is 5.69 Å². The topological polar surface area (TPSA) is 108 Å². The number of aromatic hydroxyl groups is 1. The Morgan fingerprint density at radius 3 is 2.71 bits per heavy atom. The predicted molar refractivity (Wildman–Crippen MR) is 108 cm³/mol. The minimum atomic E-state index is -1.59. The zero-order valence-electron chi connectivity index (χ0n) is 15.1. The summed E-state index contributed by atoms with van der Waals surface area (Å²) in [7, 11) is 0. The molecule has 0 saturated heterocycles. The molecule has 0 atom stereocenters. The molecule has 1 aliphatic rings. The molecule has 0 saturated carbocycles. The number of nitrogens with one attached hydrogen (secondary N) is 1. The van der Waals surface area contributed by atoms with Crippen molar-refractivity contribution in [2.45, 2.75) is 25.8 Å². The van der Waals surface area contributed by atoms with Gasteiger partial charge in [-0.1, -0.05) is 0 Å². The van der Waals surface area contributed by atoms with Gasteiger partial charge in [-0.3, -0.25) is 0 Å². The number of aromatic nitrogens is 2. The van der Waals surface area contributed by atoms with Crippen molar-refractivity contribution in [1.29, 1.82) is 0 Å². The van der Waals surface area contributed by atoms with E-state index in [1.807, 2.05) is 6.07 Å². The van der Waals surface area contributed by atoms with Gasteiger partial charge in [0.1, 0.15) is 0 Å². The Balaban J connectivity index is 1.78. The number of aryl methyl sites for hydroxylation is 1. The molecule has 4 rings (SSSR count). The number of phenols is 1. The van der Waals surface area contributed by atoms with Crippen LogP contribution in [0.1, 0.15) is 24.8 Å². The summed E-state index contributed by atoms with van der Waals surface area (Å²) >= 11 is -1.59. The summed E-state index contributed by atoms with van der Waals surface area (Å²) < 4.78 is 2.43. The minimum absolute atomic E-state index is 0.0192. The molecule has 0 fully saturated rings.